The fraction of sp³-hybridized carbons (Fsp3) is 0.333. The van der Waals surface area contributed by atoms with Crippen LogP contribution in [0, 0.1) is 6.92 Å². The number of ether oxygens (including phenoxy) is 1. The van der Waals surface area contributed by atoms with Gasteiger partial charge in [-0.05, 0) is 43.2 Å². The maximum Gasteiger partial charge on any atom is 0.269 e. The van der Waals surface area contributed by atoms with Crippen LogP contribution in [0.2, 0.25) is 0 Å². The third-order valence-electron chi connectivity index (χ3n) is 3.86. The van der Waals surface area contributed by atoms with Crippen molar-refractivity contribution in [1.82, 2.24) is 10.3 Å². The number of nitrogens with one attached hydrogen (secondary N) is 1. The molecule has 23 heavy (non-hydrogen) atoms. The number of carbonyl (C=O) groups excluding carboxylic acids is 1. The van der Waals surface area contributed by atoms with Crippen LogP contribution >= 0.6 is 0 Å². The van der Waals surface area contributed by atoms with Crippen LogP contribution in [-0.2, 0) is 0 Å². The van der Waals surface area contributed by atoms with Gasteiger partial charge in [0.05, 0.1) is 12.2 Å². The Hall–Kier alpha value is -2.56. The number of fused-ring (bicyclic) bond motifs is 1. The zero-order valence-corrected chi connectivity index (χ0v) is 13.3. The Morgan fingerprint density at radius 2 is 2.26 bits per heavy atom. The highest BCUT2D eigenvalue weighted by molar-refractivity contribution is 5.92. The number of anilines is 1. The van der Waals surface area contributed by atoms with Gasteiger partial charge >= 0.3 is 0 Å². The molecule has 0 unspecified atom stereocenters. The molecule has 0 radical (unpaired) electrons. The second-order valence-electron chi connectivity index (χ2n) is 5.63. The first-order chi connectivity index (χ1) is 11.2. The Kier molecular flexibility index (Phi) is 4.76. The highest BCUT2D eigenvalue weighted by Crippen LogP contribution is 2.32. The summed E-state index contributed by atoms with van der Waals surface area (Å²) in [5.74, 6) is 0.831. The van der Waals surface area contributed by atoms with Crippen LogP contribution in [-0.4, -0.2) is 37.1 Å². The summed E-state index contributed by atoms with van der Waals surface area (Å²) in [6, 6.07) is 11.6. The standard InChI is InChI=1S/C18H21N3O2/c1-14-6-7-16-17(13-14)23-12-11-21(16)10-4-9-20-18(22)15-5-2-3-8-19-15/h2-3,5-8,13H,4,9-12H2,1H3,(H,20,22). The highest BCUT2D eigenvalue weighted by Gasteiger charge is 2.17. The largest absolute Gasteiger partial charge is 0.490 e. The van der Waals surface area contributed by atoms with Crippen LogP contribution in [0.3, 0.4) is 0 Å². The van der Waals surface area contributed by atoms with Crippen molar-refractivity contribution in [1.29, 1.82) is 0 Å². The number of nitrogens with zero attached hydrogens (tertiary/aromatic N) is 2. The molecule has 0 atom stereocenters. The van der Waals surface area contributed by atoms with Crippen molar-refractivity contribution >= 4 is 11.6 Å². The topological polar surface area (TPSA) is 54.5 Å². The SMILES string of the molecule is Cc1ccc2c(c1)OCCN2CCCNC(=O)c1ccccn1. The van der Waals surface area contributed by atoms with E-state index in [2.05, 4.69) is 40.3 Å². The lowest BCUT2D eigenvalue weighted by atomic mass is 10.1. The summed E-state index contributed by atoms with van der Waals surface area (Å²) in [7, 11) is 0. The minimum atomic E-state index is -0.122. The second kappa shape index (κ2) is 7.13. The molecule has 120 valence electrons. The van der Waals surface area contributed by atoms with E-state index in [1.54, 1.807) is 18.3 Å². The molecule has 1 aliphatic heterocycles. The van der Waals surface area contributed by atoms with Gasteiger partial charge in [0, 0.05) is 19.3 Å². The highest BCUT2D eigenvalue weighted by atomic mass is 16.5. The maximum atomic E-state index is 11.9. The molecule has 2 heterocycles. The Morgan fingerprint density at radius 1 is 1.35 bits per heavy atom. The molecule has 1 amide bonds. The van der Waals surface area contributed by atoms with E-state index in [0.717, 1.165) is 30.9 Å². The van der Waals surface area contributed by atoms with Gasteiger partial charge in [-0.15, -0.1) is 0 Å². The minimum absolute atomic E-state index is 0.122. The van der Waals surface area contributed by atoms with E-state index in [4.69, 9.17) is 4.74 Å². The lowest BCUT2D eigenvalue weighted by molar-refractivity contribution is 0.0948. The number of aromatic nitrogens is 1. The van der Waals surface area contributed by atoms with Gasteiger partial charge in [-0.2, -0.15) is 0 Å². The minimum Gasteiger partial charge on any atom is -0.490 e. The van der Waals surface area contributed by atoms with Gasteiger partial charge in [-0.1, -0.05) is 12.1 Å². The monoisotopic (exact) mass is 311 g/mol. The van der Waals surface area contributed by atoms with Crippen molar-refractivity contribution in [2.24, 2.45) is 0 Å². The van der Waals surface area contributed by atoms with Crippen LogP contribution < -0.4 is 15.0 Å². The summed E-state index contributed by atoms with van der Waals surface area (Å²) in [6.07, 6.45) is 2.51. The molecule has 1 aromatic carbocycles. The van der Waals surface area contributed by atoms with Gasteiger partial charge in [0.2, 0.25) is 0 Å². The Labute approximate surface area is 136 Å². The molecule has 1 N–H and O–H groups in total. The maximum absolute atomic E-state index is 11.9. The molecule has 0 saturated carbocycles. The predicted molar refractivity (Wildman–Crippen MR) is 90.1 cm³/mol. The fourth-order valence-corrected chi connectivity index (χ4v) is 2.68. The molecule has 1 aromatic heterocycles. The molecule has 5 nitrogen and oxygen atoms in total. The van der Waals surface area contributed by atoms with E-state index >= 15 is 0 Å². The van der Waals surface area contributed by atoms with E-state index in [9.17, 15) is 4.79 Å². The van der Waals surface area contributed by atoms with E-state index < -0.39 is 0 Å². The van der Waals surface area contributed by atoms with Crippen molar-refractivity contribution in [3.05, 3.63) is 53.9 Å². The third kappa shape index (κ3) is 3.80. The number of aryl methyl sites for hydroxylation is 1. The molecule has 0 aliphatic carbocycles. The van der Waals surface area contributed by atoms with Gasteiger partial charge in [0.15, 0.2) is 0 Å². The smallest absolute Gasteiger partial charge is 0.269 e. The molecule has 1 aliphatic rings. The Bertz CT molecular complexity index is 673. The molecule has 3 rings (SSSR count). The third-order valence-corrected chi connectivity index (χ3v) is 3.86. The normalized spacial score (nSPS) is 13.2. The second-order valence-corrected chi connectivity index (χ2v) is 5.63. The van der Waals surface area contributed by atoms with E-state index in [1.807, 2.05) is 6.07 Å². The van der Waals surface area contributed by atoms with Crippen molar-refractivity contribution in [2.45, 2.75) is 13.3 Å². The van der Waals surface area contributed by atoms with Crippen LogP contribution in [0.15, 0.2) is 42.6 Å². The number of rotatable bonds is 5. The van der Waals surface area contributed by atoms with E-state index in [-0.39, 0.29) is 5.91 Å². The number of carbonyl (C=O) groups is 1. The molecular formula is C18H21N3O2. The van der Waals surface area contributed by atoms with Gasteiger partial charge in [-0.25, -0.2) is 0 Å². The average Bonchev–Trinajstić information content (AvgIpc) is 2.59. The number of hydrogen-bond donors (Lipinski definition) is 1. The number of hydrogen-bond acceptors (Lipinski definition) is 4. The first-order valence-corrected chi connectivity index (χ1v) is 7.92. The molecule has 0 bridgehead atoms. The summed E-state index contributed by atoms with van der Waals surface area (Å²) in [5, 5.41) is 2.91. The summed E-state index contributed by atoms with van der Waals surface area (Å²) in [5.41, 5.74) is 2.80. The molecule has 0 spiro atoms. The van der Waals surface area contributed by atoms with Crippen molar-refractivity contribution in [3.8, 4) is 5.75 Å². The summed E-state index contributed by atoms with van der Waals surface area (Å²) in [4.78, 5) is 18.3. The van der Waals surface area contributed by atoms with Crippen LogP contribution in [0.4, 0.5) is 5.69 Å². The summed E-state index contributed by atoms with van der Waals surface area (Å²) >= 11 is 0. The van der Waals surface area contributed by atoms with Gasteiger partial charge < -0.3 is 15.0 Å². The summed E-state index contributed by atoms with van der Waals surface area (Å²) < 4.78 is 5.72. The van der Waals surface area contributed by atoms with Crippen LogP contribution in [0.25, 0.3) is 0 Å². The lowest BCUT2D eigenvalue weighted by Gasteiger charge is -2.31. The quantitative estimate of drug-likeness (QED) is 0.862. The Morgan fingerprint density at radius 3 is 3.09 bits per heavy atom. The van der Waals surface area contributed by atoms with Crippen molar-refractivity contribution in [2.75, 3.05) is 31.1 Å². The first kappa shape index (κ1) is 15.3. The van der Waals surface area contributed by atoms with Crippen LogP contribution in [0.1, 0.15) is 22.5 Å². The molecule has 0 fully saturated rings. The molecule has 2 aromatic rings. The molecule has 5 heteroatoms. The van der Waals surface area contributed by atoms with Gasteiger partial charge in [-0.3, -0.25) is 9.78 Å². The Balaban J connectivity index is 1.49. The zero-order chi connectivity index (χ0) is 16.1. The van der Waals surface area contributed by atoms with Crippen molar-refractivity contribution in [3.63, 3.8) is 0 Å². The number of pyridine rings is 1. The van der Waals surface area contributed by atoms with E-state index in [0.29, 0.717) is 18.8 Å². The lowest BCUT2D eigenvalue weighted by Crippen LogP contribution is -2.35. The fourth-order valence-electron chi connectivity index (χ4n) is 2.68. The number of amides is 1. The van der Waals surface area contributed by atoms with Gasteiger partial charge in [0.25, 0.3) is 5.91 Å². The predicted octanol–water partition coefficient (Wildman–Crippen LogP) is 2.41. The zero-order valence-electron chi connectivity index (χ0n) is 13.3. The molecule has 0 saturated heterocycles. The van der Waals surface area contributed by atoms with Crippen LogP contribution in [0.5, 0.6) is 5.75 Å². The summed E-state index contributed by atoms with van der Waals surface area (Å²) in [6.45, 7) is 5.17. The van der Waals surface area contributed by atoms with Crippen molar-refractivity contribution < 1.29 is 9.53 Å². The average molecular weight is 311 g/mol. The molecular weight excluding hydrogens is 290 g/mol. The first-order valence-electron chi connectivity index (χ1n) is 7.92. The number of benzene rings is 1. The van der Waals surface area contributed by atoms with Gasteiger partial charge in [0.1, 0.15) is 18.1 Å². The van der Waals surface area contributed by atoms with E-state index in [1.165, 1.54) is 5.56 Å².